The van der Waals surface area contributed by atoms with Gasteiger partial charge < -0.3 is 14.2 Å². The van der Waals surface area contributed by atoms with Gasteiger partial charge in [-0.05, 0) is 40.8 Å². The highest BCUT2D eigenvalue weighted by Crippen LogP contribution is 2.49. The van der Waals surface area contributed by atoms with Crippen LogP contribution in [0, 0.1) is 0 Å². The predicted octanol–water partition coefficient (Wildman–Crippen LogP) is 4.39. The summed E-state index contributed by atoms with van der Waals surface area (Å²) in [7, 11) is 5.00. The van der Waals surface area contributed by atoms with Crippen molar-refractivity contribution in [3.63, 3.8) is 0 Å². The fraction of sp³-hybridized carbons (Fsp3) is 0.250. The number of nitrogens with zero attached hydrogens (tertiary/aromatic N) is 1. The fourth-order valence-electron chi connectivity index (χ4n) is 3.62. The average Bonchev–Trinajstić information content (AvgIpc) is 2.92. The summed E-state index contributed by atoms with van der Waals surface area (Å²) >= 11 is 0. The summed E-state index contributed by atoms with van der Waals surface area (Å²) in [6, 6.07) is 10.2. The second-order valence-corrected chi connectivity index (χ2v) is 5.99. The van der Waals surface area contributed by atoms with E-state index < -0.39 is 0 Å². The van der Waals surface area contributed by atoms with E-state index in [0.29, 0.717) is 0 Å². The molecular formula is C20H19NO3. The molecule has 3 aromatic rings. The van der Waals surface area contributed by atoms with Crippen molar-refractivity contribution in [2.24, 2.45) is 0 Å². The van der Waals surface area contributed by atoms with Crippen LogP contribution in [0.4, 0.5) is 0 Å². The van der Waals surface area contributed by atoms with Gasteiger partial charge in [-0.1, -0.05) is 13.0 Å². The van der Waals surface area contributed by atoms with Gasteiger partial charge in [0.15, 0.2) is 11.5 Å². The van der Waals surface area contributed by atoms with Crippen LogP contribution in [0.3, 0.4) is 0 Å². The Kier molecular flexibility index (Phi) is 3.34. The highest BCUT2D eigenvalue weighted by Gasteiger charge is 2.30. The molecule has 0 N–H and O–H groups in total. The number of pyridine rings is 1. The van der Waals surface area contributed by atoms with Crippen molar-refractivity contribution in [1.82, 2.24) is 4.98 Å². The maximum atomic E-state index is 5.46. The van der Waals surface area contributed by atoms with Crippen LogP contribution >= 0.6 is 0 Å². The summed E-state index contributed by atoms with van der Waals surface area (Å²) in [4.78, 5) is 4.73. The summed E-state index contributed by atoms with van der Waals surface area (Å²) in [5.41, 5.74) is 4.61. The molecule has 0 amide bonds. The molecule has 24 heavy (non-hydrogen) atoms. The number of hydrogen-bond acceptors (Lipinski definition) is 4. The maximum absolute atomic E-state index is 5.46. The summed E-state index contributed by atoms with van der Waals surface area (Å²) in [6.45, 7) is 2.21. The Morgan fingerprint density at radius 3 is 2.38 bits per heavy atom. The molecule has 1 aliphatic rings. The standard InChI is InChI=1S/C20H19NO3/c1-11-15-8-17(23-3)18(24-4)9-16(15)20-19(11)14-6-5-13(22-2)7-12(14)10-21-20/h5-11H,1-4H3/t11-/m0/s1. The van der Waals surface area contributed by atoms with Gasteiger partial charge in [0.05, 0.1) is 27.0 Å². The van der Waals surface area contributed by atoms with Crippen molar-refractivity contribution in [2.45, 2.75) is 12.8 Å². The molecule has 0 fully saturated rings. The number of methoxy groups -OCH3 is 3. The summed E-state index contributed by atoms with van der Waals surface area (Å²) in [5, 5.41) is 2.30. The fourth-order valence-corrected chi connectivity index (χ4v) is 3.62. The lowest BCUT2D eigenvalue weighted by Crippen LogP contribution is -1.95. The van der Waals surface area contributed by atoms with Gasteiger partial charge in [-0.25, -0.2) is 0 Å². The Morgan fingerprint density at radius 2 is 1.67 bits per heavy atom. The monoisotopic (exact) mass is 321 g/mol. The zero-order valence-corrected chi connectivity index (χ0v) is 14.2. The Hall–Kier alpha value is -2.75. The van der Waals surface area contributed by atoms with Gasteiger partial charge in [-0.2, -0.15) is 0 Å². The Balaban J connectivity index is 1.98. The third-order valence-corrected chi connectivity index (χ3v) is 4.85. The van der Waals surface area contributed by atoms with Crippen molar-refractivity contribution in [2.75, 3.05) is 21.3 Å². The molecular weight excluding hydrogens is 302 g/mol. The largest absolute Gasteiger partial charge is 0.497 e. The molecule has 0 saturated heterocycles. The van der Waals surface area contributed by atoms with Gasteiger partial charge >= 0.3 is 0 Å². The number of fused-ring (bicyclic) bond motifs is 5. The van der Waals surface area contributed by atoms with E-state index in [0.717, 1.165) is 33.9 Å². The molecule has 4 heteroatoms. The molecule has 1 heterocycles. The van der Waals surface area contributed by atoms with Crippen molar-refractivity contribution in [1.29, 1.82) is 0 Å². The molecule has 0 unspecified atom stereocenters. The molecule has 1 aromatic heterocycles. The van der Waals surface area contributed by atoms with Crippen molar-refractivity contribution in [3.8, 4) is 28.5 Å². The molecule has 2 aromatic carbocycles. The third kappa shape index (κ3) is 1.96. The van der Waals surface area contributed by atoms with E-state index in [1.54, 1.807) is 21.3 Å². The average molecular weight is 321 g/mol. The van der Waals surface area contributed by atoms with Crippen LogP contribution in [0.1, 0.15) is 24.0 Å². The summed E-state index contributed by atoms with van der Waals surface area (Å²) in [5.74, 6) is 2.57. The summed E-state index contributed by atoms with van der Waals surface area (Å²) < 4.78 is 16.3. The summed E-state index contributed by atoms with van der Waals surface area (Å²) in [6.07, 6.45) is 1.91. The van der Waals surface area contributed by atoms with Crippen molar-refractivity contribution < 1.29 is 14.2 Å². The zero-order chi connectivity index (χ0) is 16.8. The van der Waals surface area contributed by atoms with E-state index in [4.69, 9.17) is 19.2 Å². The van der Waals surface area contributed by atoms with Crippen LogP contribution in [0.25, 0.3) is 22.0 Å². The van der Waals surface area contributed by atoms with Crippen LogP contribution in [0.15, 0.2) is 36.5 Å². The minimum Gasteiger partial charge on any atom is -0.497 e. The van der Waals surface area contributed by atoms with Crippen LogP contribution in [-0.4, -0.2) is 26.3 Å². The van der Waals surface area contributed by atoms with Crippen molar-refractivity contribution >= 4 is 10.8 Å². The van der Waals surface area contributed by atoms with Crippen LogP contribution < -0.4 is 14.2 Å². The van der Waals surface area contributed by atoms with E-state index in [1.165, 1.54) is 16.5 Å². The first kappa shape index (κ1) is 14.8. The molecule has 4 nitrogen and oxygen atoms in total. The van der Waals surface area contributed by atoms with Crippen molar-refractivity contribution in [3.05, 3.63) is 47.7 Å². The number of benzene rings is 2. The van der Waals surface area contributed by atoms with Gasteiger partial charge in [0.1, 0.15) is 5.75 Å². The minimum absolute atomic E-state index is 0.249. The molecule has 0 radical (unpaired) electrons. The number of hydrogen-bond donors (Lipinski definition) is 0. The molecule has 1 atom stereocenters. The number of aromatic nitrogens is 1. The van der Waals surface area contributed by atoms with E-state index in [-0.39, 0.29) is 5.92 Å². The topological polar surface area (TPSA) is 40.6 Å². The number of ether oxygens (including phenoxy) is 3. The first-order chi connectivity index (χ1) is 11.7. The van der Waals surface area contributed by atoms with E-state index in [2.05, 4.69) is 19.1 Å². The van der Waals surface area contributed by atoms with Gasteiger partial charge in [-0.15, -0.1) is 0 Å². The smallest absolute Gasteiger partial charge is 0.161 e. The lowest BCUT2D eigenvalue weighted by molar-refractivity contribution is 0.354. The zero-order valence-electron chi connectivity index (χ0n) is 14.2. The lowest BCUT2D eigenvalue weighted by atomic mass is 9.95. The first-order valence-electron chi connectivity index (χ1n) is 7.91. The molecule has 0 spiro atoms. The predicted molar refractivity (Wildman–Crippen MR) is 94.4 cm³/mol. The highest BCUT2D eigenvalue weighted by molar-refractivity contribution is 5.95. The second-order valence-electron chi connectivity index (χ2n) is 5.99. The minimum atomic E-state index is 0.249. The van der Waals surface area contributed by atoms with Gasteiger partial charge in [0.25, 0.3) is 0 Å². The van der Waals surface area contributed by atoms with Gasteiger partial charge in [0.2, 0.25) is 0 Å². The molecule has 0 bridgehead atoms. The van der Waals surface area contributed by atoms with E-state index >= 15 is 0 Å². The first-order valence-corrected chi connectivity index (χ1v) is 7.91. The van der Waals surface area contributed by atoms with E-state index in [1.807, 2.05) is 24.4 Å². The van der Waals surface area contributed by atoms with E-state index in [9.17, 15) is 0 Å². The van der Waals surface area contributed by atoms with Gasteiger partial charge in [-0.3, -0.25) is 4.98 Å². The quantitative estimate of drug-likeness (QED) is 0.717. The molecule has 4 rings (SSSR count). The molecule has 122 valence electrons. The van der Waals surface area contributed by atoms with Gasteiger partial charge in [0, 0.05) is 23.1 Å². The normalized spacial score (nSPS) is 15.1. The van der Waals surface area contributed by atoms with Crippen LogP contribution in [0.2, 0.25) is 0 Å². The molecule has 0 aliphatic heterocycles. The highest BCUT2D eigenvalue weighted by atomic mass is 16.5. The third-order valence-electron chi connectivity index (χ3n) is 4.85. The van der Waals surface area contributed by atoms with Crippen LogP contribution in [-0.2, 0) is 0 Å². The SMILES string of the molecule is COc1ccc2c3c(ncc2c1)-c1cc(OC)c(OC)cc1[C@@H]3C. The Bertz CT molecular complexity index is 949. The Labute approximate surface area is 141 Å². The van der Waals surface area contributed by atoms with Crippen LogP contribution in [0.5, 0.6) is 17.2 Å². The number of rotatable bonds is 3. The molecule has 0 saturated carbocycles. The lowest BCUT2D eigenvalue weighted by Gasteiger charge is -2.12. The second kappa shape index (κ2) is 5.41. The maximum Gasteiger partial charge on any atom is 0.161 e. The Morgan fingerprint density at radius 1 is 0.917 bits per heavy atom. The molecule has 1 aliphatic carbocycles.